The fraction of sp³-hybridized carbons (Fsp3) is 0.353. The minimum absolute atomic E-state index is 0.0731. The zero-order valence-electron chi connectivity index (χ0n) is 13.3. The third kappa shape index (κ3) is 4.28. The Morgan fingerprint density at radius 3 is 2.64 bits per heavy atom. The van der Waals surface area contributed by atoms with Crippen LogP contribution in [0, 0.1) is 6.92 Å². The highest BCUT2D eigenvalue weighted by molar-refractivity contribution is 5.93. The Hall–Kier alpha value is -2.43. The molecule has 1 unspecified atom stereocenters. The number of anilines is 1. The molecule has 0 fully saturated rings. The molecule has 2 rings (SSSR count). The molecule has 0 aliphatic carbocycles. The number of nitrogens with one attached hydrogen (secondary N) is 2. The van der Waals surface area contributed by atoms with Gasteiger partial charge in [0.25, 0.3) is 5.91 Å². The summed E-state index contributed by atoms with van der Waals surface area (Å²) in [5, 5.41) is 6.15. The van der Waals surface area contributed by atoms with E-state index in [0.29, 0.717) is 17.3 Å². The maximum absolute atomic E-state index is 12.4. The lowest BCUT2D eigenvalue weighted by Gasteiger charge is -2.14. The van der Waals surface area contributed by atoms with Gasteiger partial charge in [-0.1, -0.05) is 37.3 Å². The fourth-order valence-electron chi connectivity index (χ4n) is 2.12. The lowest BCUT2D eigenvalue weighted by molar-refractivity contribution is 0.0934. The summed E-state index contributed by atoms with van der Waals surface area (Å²) in [6.45, 7) is 6.64. The van der Waals surface area contributed by atoms with Crippen molar-refractivity contribution >= 4 is 11.7 Å². The maximum atomic E-state index is 12.4. The van der Waals surface area contributed by atoms with E-state index in [1.54, 1.807) is 13.0 Å². The Bertz CT molecular complexity index is 628. The quantitative estimate of drug-likeness (QED) is 0.860. The van der Waals surface area contributed by atoms with E-state index in [1.807, 2.05) is 37.3 Å². The summed E-state index contributed by atoms with van der Waals surface area (Å²) >= 11 is 0. The van der Waals surface area contributed by atoms with Crippen molar-refractivity contribution in [1.82, 2.24) is 15.3 Å². The largest absolute Gasteiger partial charge is 0.370 e. The topological polar surface area (TPSA) is 66.9 Å². The van der Waals surface area contributed by atoms with Gasteiger partial charge in [-0.3, -0.25) is 4.79 Å². The summed E-state index contributed by atoms with van der Waals surface area (Å²) in [7, 11) is 0. The molecule has 116 valence electrons. The zero-order chi connectivity index (χ0) is 15.9. The lowest BCUT2D eigenvalue weighted by atomic mass is 10.1. The van der Waals surface area contributed by atoms with Crippen LogP contribution in [0.4, 0.5) is 5.82 Å². The van der Waals surface area contributed by atoms with Gasteiger partial charge in [-0.2, -0.15) is 0 Å². The molecule has 0 radical (unpaired) electrons. The van der Waals surface area contributed by atoms with Crippen LogP contribution in [0.3, 0.4) is 0 Å². The van der Waals surface area contributed by atoms with Crippen LogP contribution in [0.2, 0.25) is 0 Å². The van der Waals surface area contributed by atoms with E-state index in [9.17, 15) is 4.79 Å². The molecule has 0 saturated carbocycles. The minimum Gasteiger partial charge on any atom is -0.370 e. The SMILES string of the molecule is CCCNc1cc(C(=O)NC(C)c2ccccc2)nc(C)n1. The van der Waals surface area contributed by atoms with Crippen molar-refractivity contribution in [2.24, 2.45) is 0 Å². The summed E-state index contributed by atoms with van der Waals surface area (Å²) in [6, 6.07) is 11.5. The van der Waals surface area contributed by atoms with Crippen molar-refractivity contribution < 1.29 is 4.79 Å². The smallest absolute Gasteiger partial charge is 0.270 e. The number of hydrogen-bond donors (Lipinski definition) is 2. The molecule has 0 spiro atoms. The van der Waals surface area contributed by atoms with Crippen LogP contribution < -0.4 is 10.6 Å². The Morgan fingerprint density at radius 2 is 1.95 bits per heavy atom. The predicted octanol–water partition coefficient (Wildman–Crippen LogP) is 3.10. The van der Waals surface area contributed by atoms with Gasteiger partial charge in [0.05, 0.1) is 6.04 Å². The number of aromatic nitrogens is 2. The monoisotopic (exact) mass is 298 g/mol. The molecular weight excluding hydrogens is 276 g/mol. The highest BCUT2D eigenvalue weighted by Crippen LogP contribution is 2.13. The van der Waals surface area contributed by atoms with E-state index in [1.165, 1.54) is 0 Å². The molecule has 2 N–H and O–H groups in total. The summed E-state index contributed by atoms with van der Waals surface area (Å²) < 4.78 is 0. The van der Waals surface area contributed by atoms with Gasteiger partial charge in [0, 0.05) is 12.6 Å². The first-order valence-electron chi connectivity index (χ1n) is 7.55. The molecule has 0 saturated heterocycles. The number of carbonyl (C=O) groups excluding carboxylic acids is 1. The van der Waals surface area contributed by atoms with Crippen LogP contribution in [-0.4, -0.2) is 22.4 Å². The van der Waals surface area contributed by atoms with Crippen LogP contribution in [-0.2, 0) is 0 Å². The molecule has 0 aliphatic rings. The van der Waals surface area contributed by atoms with E-state index in [4.69, 9.17) is 0 Å². The van der Waals surface area contributed by atoms with Gasteiger partial charge in [0.1, 0.15) is 17.3 Å². The predicted molar refractivity (Wildman–Crippen MR) is 87.9 cm³/mol. The number of rotatable bonds is 6. The summed E-state index contributed by atoms with van der Waals surface area (Å²) in [6.07, 6.45) is 0.996. The molecule has 1 atom stereocenters. The molecule has 1 heterocycles. The molecule has 5 nitrogen and oxygen atoms in total. The molecule has 1 aromatic carbocycles. The Kier molecular flexibility index (Phi) is 5.47. The van der Waals surface area contributed by atoms with Gasteiger partial charge >= 0.3 is 0 Å². The fourth-order valence-corrected chi connectivity index (χ4v) is 2.12. The summed E-state index contributed by atoms with van der Waals surface area (Å²) in [5.74, 6) is 1.08. The Balaban J connectivity index is 2.10. The highest BCUT2D eigenvalue weighted by Gasteiger charge is 2.14. The molecule has 0 bridgehead atoms. The van der Waals surface area contributed by atoms with E-state index in [0.717, 1.165) is 18.5 Å². The summed E-state index contributed by atoms with van der Waals surface area (Å²) in [5.41, 5.74) is 1.44. The van der Waals surface area contributed by atoms with E-state index in [2.05, 4.69) is 27.5 Å². The Labute approximate surface area is 131 Å². The first-order valence-corrected chi connectivity index (χ1v) is 7.55. The average molecular weight is 298 g/mol. The van der Waals surface area contributed by atoms with E-state index in [-0.39, 0.29) is 11.9 Å². The standard InChI is InChI=1S/C17H22N4O/c1-4-10-18-16-11-15(20-13(3)21-16)17(22)19-12(2)14-8-6-5-7-9-14/h5-9,11-12H,4,10H2,1-3H3,(H,19,22)(H,18,20,21). The van der Waals surface area contributed by atoms with Gasteiger partial charge in [-0.05, 0) is 25.8 Å². The van der Waals surface area contributed by atoms with Crippen LogP contribution >= 0.6 is 0 Å². The molecular formula is C17H22N4O. The molecule has 1 amide bonds. The van der Waals surface area contributed by atoms with Crippen molar-refractivity contribution in [3.63, 3.8) is 0 Å². The number of amides is 1. The lowest BCUT2D eigenvalue weighted by Crippen LogP contribution is -2.28. The normalized spacial score (nSPS) is 11.8. The van der Waals surface area contributed by atoms with Crippen LogP contribution in [0.25, 0.3) is 0 Å². The number of hydrogen-bond acceptors (Lipinski definition) is 4. The van der Waals surface area contributed by atoms with Gasteiger partial charge in [-0.25, -0.2) is 9.97 Å². The van der Waals surface area contributed by atoms with Gasteiger partial charge < -0.3 is 10.6 Å². The second-order valence-corrected chi connectivity index (χ2v) is 5.22. The molecule has 0 aliphatic heterocycles. The zero-order valence-corrected chi connectivity index (χ0v) is 13.3. The van der Waals surface area contributed by atoms with Crippen LogP contribution in [0.5, 0.6) is 0 Å². The highest BCUT2D eigenvalue weighted by atomic mass is 16.1. The van der Waals surface area contributed by atoms with Crippen molar-refractivity contribution in [2.45, 2.75) is 33.2 Å². The second kappa shape index (κ2) is 7.54. The Morgan fingerprint density at radius 1 is 1.23 bits per heavy atom. The number of aryl methyl sites for hydroxylation is 1. The van der Waals surface area contributed by atoms with Crippen molar-refractivity contribution in [1.29, 1.82) is 0 Å². The van der Waals surface area contributed by atoms with Gasteiger partial charge in [0.15, 0.2) is 0 Å². The maximum Gasteiger partial charge on any atom is 0.270 e. The van der Waals surface area contributed by atoms with E-state index >= 15 is 0 Å². The molecule has 5 heteroatoms. The molecule has 1 aromatic heterocycles. The third-order valence-electron chi connectivity index (χ3n) is 3.27. The second-order valence-electron chi connectivity index (χ2n) is 5.22. The first-order chi connectivity index (χ1) is 10.6. The van der Waals surface area contributed by atoms with Crippen molar-refractivity contribution in [3.8, 4) is 0 Å². The van der Waals surface area contributed by atoms with Gasteiger partial charge in [0.2, 0.25) is 0 Å². The molecule has 22 heavy (non-hydrogen) atoms. The minimum atomic E-state index is -0.193. The van der Waals surface area contributed by atoms with E-state index < -0.39 is 0 Å². The van der Waals surface area contributed by atoms with Crippen LogP contribution in [0.15, 0.2) is 36.4 Å². The van der Waals surface area contributed by atoms with Crippen LogP contribution in [0.1, 0.15) is 48.2 Å². The number of carbonyl (C=O) groups is 1. The molecule has 2 aromatic rings. The third-order valence-corrected chi connectivity index (χ3v) is 3.27. The number of nitrogens with zero attached hydrogens (tertiary/aromatic N) is 2. The van der Waals surface area contributed by atoms with Crippen molar-refractivity contribution in [3.05, 3.63) is 53.5 Å². The summed E-state index contributed by atoms with van der Waals surface area (Å²) in [4.78, 5) is 20.9. The van der Waals surface area contributed by atoms with Gasteiger partial charge in [-0.15, -0.1) is 0 Å². The van der Waals surface area contributed by atoms with Crippen molar-refractivity contribution in [2.75, 3.05) is 11.9 Å². The first kappa shape index (κ1) is 15.9. The average Bonchev–Trinajstić information content (AvgIpc) is 2.53. The number of benzene rings is 1.